The third-order valence-corrected chi connectivity index (χ3v) is 20.2. The largest absolute Gasteiger partial charge is 0.514 e. The maximum Gasteiger partial charge on any atom is 0.514 e. The lowest BCUT2D eigenvalue weighted by Gasteiger charge is -2.32. The summed E-state index contributed by atoms with van der Waals surface area (Å²) in [7, 11) is -1.44. The highest BCUT2D eigenvalue weighted by Crippen LogP contribution is 2.48. The fourth-order valence-electron chi connectivity index (χ4n) is 12.6. The summed E-state index contributed by atoms with van der Waals surface area (Å²) in [4.78, 5) is 9.41. The predicted octanol–water partition coefficient (Wildman–Crippen LogP) is 20.7. The van der Waals surface area contributed by atoms with Crippen molar-refractivity contribution in [1.82, 2.24) is 9.97 Å². The van der Waals surface area contributed by atoms with Crippen molar-refractivity contribution in [1.29, 1.82) is 0 Å². The van der Waals surface area contributed by atoms with Gasteiger partial charge in [-0.2, -0.15) is 0 Å². The Balaban J connectivity index is 0.000000143. The van der Waals surface area contributed by atoms with Gasteiger partial charge in [0.2, 0.25) is 0 Å². The summed E-state index contributed by atoms with van der Waals surface area (Å²) in [5.74, 6) is 0. The van der Waals surface area contributed by atoms with E-state index in [0.717, 1.165) is 21.3 Å². The highest BCUT2D eigenvalue weighted by molar-refractivity contribution is 9.10. The number of nitrogens with zero attached hydrogens (tertiary/aromatic N) is 2. The molecular weight excluding hydrogens is 1210 g/mol. The van der Waals surface area contributed by atoms with Gasteiger partial charge in [-0.25, -0.2) is 4.98 Å². The molecule has 93 heavy (non-hydrogen) atoms. The number of hydrogen-bond acceptors (Lipinski definition) is 8. The number of fused-ring (bicyclic) bond motifs is 4. The third-order valence-electron chi connectivity index (χ3n) is 19.7. The van der Waals surface area contributed by atoms with E-state index in [4.69, 9.17) is 32.9 Å². The van der Waals surface area contributed by atoms with Crippen LogP contribution in [0.4, 0.5) is 0 Å². The van der Waals surface area contributed by atoms with Crippen molar-refractivity contribution >= 4 is 85.7 Å². The second-order valence-electron chi connectivity index (χ2n) is 27.3. The van der Waals surface area contributed by atoms with Crippen LogP contribution in [0.25, 0.3) is 110 Å². The van der Waals surface area contributed by atoms with Gasteiger partial charge in [0, 0.05) is 23.5 Å². The molecule has 3 fully saturated rings. The van der Waals surface area contributed by atoms with Gasteiger partial charge in [-0.1, -0.05) is 214 Å². The third kappa shape index (κ3) is 12.4. The van der Waals surface area contributed by atoms with Crippen molar-refractivity contribution in [2.75, 3.05) is 0 Å². The minimum atomic E-state index is -0.489. The molecule has 5 heterocycles. The van der Waals surface area contributed by atoms with Gasteiger partial charge in [0.25, 0.3) is 0 Å². The highest BCUT2D eigenvalue weighted by atomic mass is 79.9. The first-order valence-corrected chi connectivity index (χ1v) is 32.6. The fourth-order valence-corrected chi connectivity index (χ4v) is 12.8. The van der Waals surface area contributed by atoms with Crippen molar-refractivity contribution in [3.63, 3.8) is 0 Å². The molecule has 12 aromatic rings. The summed E-state index contributed by atoms with van der Waals surface area (Å²) in [5, 5.41) is 9.82. The minimum Gasteiger partial charge on any atom is -0.405 e. The number of hydrogen-bond donors (Lipinski definition) is 0. The SMILES string of the molecule is Brc1ccc(-c2c3ccccc3c(-c3ccccc3)c3cc(-c4ccccc4)ccc23)cn1.C.CC1(C)OB(B2OC(C)(C)C(C)(C)O2)OC1(C)C.CC1(C)OB(c2ccc(-c3c4ccccc4c(-c4ccccc4)c4cc(-c5ccccc5)ccc34)cn2)OC1(C)C. The van der Waals surface area contributed by atoms with Crippen LogP contribution in [0.1, 0.15) is 90.5 Å². The van der Waals surface area contributed by atoms with Gasteiger partial charge in [0.15, 0.2) is 0 Å². The summed E-state index contributed by atoms with van der Waals surface area (Å²) in [6.07, 6.45) is 3.92. The first-order chi connectivity index (χ1) is 44.0. The van der Waals surface area contributed by atoms with E-state index < -0.39 is 32.3 Å². The minimum absolute atomic E-state index is 0. The second-order valence-corrected chi connectivity index (χ2v) is 28.1. The van der Waals surface area contributed by atoms with Gasteiger partial charge >= 0.3 is 21.1 Å². The van der Waals surface area contributed by atoms with Crippen LogP contribution < -0.4 is 5.59 Å². The Hall–Kier alpha value is -8.03. The average molecular weight is 1290 g/mol. The van der Waals surface area contributed by atoms with Gasteiger partial charge < -0.3 is 27.9 Å². The predicted molar refractivity (Wildman–Crippen MR) is 393 cm³/mol. The highest BCUT2D eigenvalue weighted by Gasteiger charge is 2.64. The average Bonchev–Trinajstić information content (AvgIpc) is 1.73. The molecule has 0 radical (unpaired) electrons. The van der Waals surface area contributed by atoms with E-state index >= 15 is 0 Å². The quantitative estimate of drug-likeness (QED) is 0.0846. The van der Waals surface area contributed by atoms with Crippen LogP contribution in [-0.2, 0) is 27.9 Å². The molecule has 0 unspecified atom stereocenters. The topological polar surface area (TPSA) is 81.2 Å². The Morgan fingerprint density at radius 1 is 0.269 bits per heavy atom. The number of benzene rings is 10. The first-order valence-electron chi connectivity index (χ1n) is 31.8. The van der Waals surface area contributed by atoms with Crippen LogP contribution in [0.3, 0.4) is 0 Å². The number of rotatable bonds is 8. The fraction of sp³-hybridized carbons (Fsp3) is 0.235. The molecule has 0 atom stereocenters. The van der Waals surface area contributed by atoms with Crippen molar-refractivity contribution in [2.45, 2.75) is 124 Å². The van der Waals surface area contributed by atoms with E-state index in [1.807, 2.05) is 79.9 Å². The summed E-state index contributed by atoms with van der Waals surface area (Å²) >= 11 is 3.48. The molecule has 3 aliphatic rings. The molecule has 0 N–H and O–H groups in total. The number of aromatic nitrogens is 2. The zero-order chi connectivity index (χ0) is 64.4. The van der Waals surface area contributed by atoms with Crippen molar-refractivity contribution in [3.05, 3.63) is 248 Å². The Morgan fingerprint density at radius 3 is 0.871 bits per heavy atom. The lowest BCUT2D eigenvalue weighted by Crippen LogP contribution is -2.41. The van der Waals surface area contributed by atoms with Gasteiger partial charge in [-0.05, 0) is 222 Å². The monoisotopic (exact) mass is 1290 g/mol. The normalized spacial score (nSPS) is 17.2. The van der Waals surface area contributed by atoms with Gasteiger partial charge in [-0.3, -0.25) is 4.98 Å². The van der Waals surface area contributed by atoms with Gasteiger partial charge in [0.05, 0.1) is 39.2 Å². The molecular formula is C81H80B3BrN2O6. The number of pyridine rings is 2. The molecule has 3 aliphatic heterocycles. The molecule has 15 rings (SSSR count). The van der Waals surface area contributed by atoms with Crippen LogP contribution in [0, 0.1) is 0 Å². The molecule has 0 spiro atoms. The maximum absolute atomic E-state index is 6.27. The Morgan fingerprint density at radius 2 is 0.548 bits per heavy atom. The van der Waals surface area contributed by atoms with Crippen LogP contribution in [-0.4, -0.2) is 64.7 Å². The molecule has 12 heteroatoms. The molecule has 8 nitrogen and oxygen atoms in total. The number of halogens is 1. The lowest BCUT2D eigenvalue weighted by molar-refractivity contribution is 0.00578. The second kappa shape index (κ2) is 25.4. The van der Waals surface area contributed by atoms with Gasteiger partial charge in [-0.15, -0.1) is 0 Å². The van der Waals surface area contributed by atoms with Crippen molar-refractivity contribution in [3.8, 4) is 66.8 Å². The Kier molecular flexibility index (Phi) is 17.7. The zero-order valence-corrected chi connectivity index (χ0v) is 56.1. The molecule has 0 bridgehead atoms. The van der Waals surface area contributed by atoms with E-state index in [2.05, 4.69) is 267 Å². The zero-order valence-electron chi connectivity index (χ0n) is 54.5. The van der Waals surface area contributed by atoms with E-state index in [0.29, 0.717) is 0 Å². The standard InChI is InChI=1S/C37H32BNO2.C31H20BrN.C12H24B2O4.CH4/c1-36(2)37(3,4)41-38(40-36)33-22-20-28(24-39-33)35-30-18-12-11-17-29(30)34(26-15-9-6-10-16-26)32-23-27(19-21-31(32)35)25-13-7-5-8-14-25;32-29-18-16-24(20-33-29)31-26-14-8-7-13-25(26)30(22-11-5-2-6-12-22)28-19-23(15-17-27(28)31)21-9-3-1-4-10-21;1-9(2)10(3,4)16-13(15-9)14-17-11(5,6)12(7,8)18-14;/h5-24H,1-4H3;1-20H;1-8H3;1H4. The van der Waals surface area contributed by atoms with Crippen LogP contribution in [0.15, 0.2) is 248 Å². The van der Waals surface area contributed by atoms with Crippen LogP contribution in [0.2, 0.25) is 0 Å². The molecule has 2 aromatic heterocycles. The van der Waals surface area contributed by atoms with Crippen molar-refractivity contribution in [2.24, 2.45) is 0 Å². The molecule has 3 saturated heterocycles. The Labute approximate surface area is 558 Å². The molecule has 466 valence electrons. The van der Waals surface area contributed by atoms with E-state index in [9.17, 15) is 0 Å². The van der Waals surface area contributed by atoms with Crippen molar-refractivity contribution < 1.29 is 27.9 Å². The smallest absolute Gasteiger partial charge is 0.405 e. The Bertz CT molecular complexity index is 4580. The summed E-state index contributed by atoms with van der Waals surface area (Å²) in [6.45, 7) is 24.5. The summed E-state index contributed by atoms with van der Waals surface area (Å²) in [6, 6.07) is 82.1. The maximum atomic E-state index is 6.27. The molecule has 10 aromatic carbocycles. The van der Waals surface area contributed by atoms with Crippen LogP contribution >= 0.6 is 15.9 Å². The first kappa shape index (κ1) is 65.1. The van der Waals surface area contributed by atoms with Crippen LogP contribution in [0.5, 0.6) is 0 Å². The van der Waals surface area contributed by atoms with E-state index in [-0.39, 0.29) is 29.8 Å². The summed E-state index contributed by atoms with van der Waals surface area (Å²) < 4.78 is 37.2. The van der Waals surface area contributed by atoms with Gasteiger partial charge in [0.1, 0.15) is 4.60 Å². The molecule has 0 saturated carbocycles. The summed E-state index contributed by atoms with van der Waals surface area (Å²) in [5.41, 5.74) is 12.9. The molecule has 0 amide bonds. The van der Waals surface area contributed by atoms with E-state index in [1.54, 1.807) is 0 Å². The molecule has 0 aliphatic carbocycles. The van der Waals surface area contributed by atoms with E-state index in [1.165, 1.54) is 98.7 Å². The lowest BCUT2D eigenvalue weighted by atomic mass is 9.49.